The summed E-state index contributed by atoms with van der Waals surface area (Å²) in [6, 6.07) is 18.0. The lowest BCUT2D eigenvalue weighted by molar-refractivity contribution is -0.121. The number of unbranched alkanes of at least 4 members (excludes halogenated alkanes) is 1. The topological polar surface area (TPSA) is 41.1 Å². The molecule has 0 heterocycles. The van der Waals surface area contributed by atoms with Gasteiger partial charge in [-0.15, -0.1) is 0 Å². The predicted molar refractivity (Wildman–Crippen MR) is 110 cm³/mol. The van der Waals surface area contributed by atoms with Crippen molar-refractivity contribution in [2.75, 3.05) is 10.6 Å². The molecule has 0 radical (unpaired) electrons. The van der Waals surface area contributed by atoms with Gasteiger partial charge in [-0.05, 0) is 68.0 Å². The first kappa shape index (κ1) is 18.5. The number of carbonyl (C=O) groups is 1. The second-order valence-corrected chi connectivity index (χ2v) is 7.42. The van der Waals surface area contributed by atoms with Crippen LogP contribution in [0.5, 0.6) is 0 Å². The van der Waals surface area contributed by atoms with Gasteiger partial charge in [0.15, 0.2) is 0 Å². The van der Waals surface area contributed by atoms with Crippen LogP contribution in [0.25, 0.3) is 0 Å². The number of carbonyl (C=O) groups excluding carboxylic acids is 1. The Morgan fingerprint density at radius 3 is 2.15 bits per heavy atom. The Hall–Kier alpha value is -2.29. The van der Waals surface area contributed by atoms with Gasteiger partial charge in [0, 0.05) is 23.0 Å². The van der Waals surface area contributed by atoms with Gasteiger partial charge in [0.05, 0.1) is 0 Å². The van der Waals surface area contributed by atoms with Gasteiger partial charge < -0.3 is 10.6 Å². The maximum absolute atomic E-state index is 12.5. The zero-order valence-corrected chi connectivity index (χ0v) is 15.7. The van der Waals surface area contributed by atoms with Crippen molar-refractivity contribution in [1.29, 1.82) is 0 Å². The highest BCUT2D eigenvalue weighted by molar-refractivity contribution is 5.92. The standard InChI is InChI=1S/C23H30N2O/c1-2-3-7-18-10-12-19(13-11-18)23(26)25-22-16-14-21(15-17-22)24-20-8-5-4-6-9-20/h4-6,8-9,14-19,24H,2-3,7,10-13H2,1H3,(H,25,26). The van der Waals surface area contributed by atoms with Crippen molar-refractivity contribution in [3.05, 3.63) is 54.6 Å². The Morgan fingerprint density at radius 1 is 0.885 bits per heavy atom. The molecular formula is C23H30N2O. The number of nitrogens with one attached hydrogen (secondary N) is 2. The third-order valence-electron chi connectivity index (χ3n) is 5.40. The summed E-state index contributed by atoms with van der Waals surface area (Å²) in [5.74, 6) is 1.19. The molecule has 2 N–H and O–H groups in total. The molecule has 0 aromatic heterocycles. The summed E-state index contributed by atoms with van der Waals surface area (Å²) in [6.07, 6.45) is 8.42. The van der Waals surface area contributed by atoms with Crippen molar-refractivity contribution in [3.8, 4) is 0 Å². The maximum atomic E-state index is 12.5. The summed E-state index contributed by atoms with van der Waals surface area (Å²) in [5.41, 5.74) is 2.96. The minimum absolute atomic E-state index is 0.176. The molecule has 0 unspecified atom stereocenters. The maximum Gasteiger partial charge on any atom is 0.227 e. The molecule has 2 aromatic rings. The molecule has 3 rings (SSSR count). The van der Waals surface area contributed by atoms with E-state index in [0.29, 0.717) is 0 Å². The zero-order valence-electron chi connectivity index (χ0n) is 15.7. The molecule has 138 valence electrons. The van der Waals surface area contributed by atoms with Gasteiger partial charge in [-0.3, -0.25) is 4.79 Å². The normalized spacial score (nSPS) is 19.7. The van der Waals surface area contributed by atoms with Crippen molar-refractivity contribution >= 4 is 23.0 Å². The van der Waals surface area contributed by atoms with Crippen LogP contribution < -0.4 is 10.6 Å². The molecule has 0 atom stereocenters. The van der Waals surface area contributed by atoms with Gasteiger partial charge in [-0.2, -0.15) is 0 Å². The van der Waals surface area contributed by atoms with E-state index in [2.05, 4.69) is 17.6 Å². The van der Waals surface area contributed by atoms with Crippen LogP contribution in [0.2, 0.25) is 0 Å². The van der Waals surface area contributed by atoms with E-state index in [-0.39, 0.29) is 11.8 Å². The lowest BCUT2D eigenvalue weighted by atomic mass is 9.79. The van der Waals surface area contributed by atoms with Crippen molar-refractivity contribution in [2.24, 2.45) is 11.8 Å². The molecule has 26 heavy (non-hydrogen) atoms. The average molecular weight is 351 g/mol. The fourth-order valence-corrected chi connectivity index (χ4v) is 3.78. The number of amides is 1. The van der Waals surface area contributed by atoms with E-state index >= 15 is 0 Å². The number of para-hydroxylation sites is 1. The first-order valence-electron chi connectivity index (χ1n) is 9.97. The molecule has 2 aromatic carbocycles. The Labute approximate surface area is 157 Å². The summed E-state index contributed by atoms with van der Waals surface area (Å²) in [7, 11) is 0. The van der Waals surface area contributed by atoms with Crippen LogP contribution in [0.1, 0.15) is 51.9 Å². The molecule has 1 fully saturated rings. The van der Waals surface area contributed by atoms with E-state index in [9.17, 15) is 4.79 Å². The highest BCUT2D eigenvalue weighted by Crippen LogP contribution is 2.32. The van der Waals surface area contributed by atoms with E-state index in [1.54, 1.807) is 0 Å². The van der Waals surface area contributed by atoms with Gasteiger partial charge in [-0.25, -0.2) is 0 Å². The number of benzene rings is 2. The first-order valence-corrected chi connectivity index (χ1v) is 9.97. The number of hydrogen-bond acceptors (Lipinski definition) is 2. The molecule has 0 saturated heterocycles. The van der Waals surface area contributed by atoms with Crippen LogP contribution >= 0.6 is 0 Å². The average Bonchev–Trinajstić information content (AvgIpc) is 2.69. The summed E-state index contributed by atoms with van der Waals surface area (Å²) in [6.45, 7) is 2.25. The number of hydrogen-bond donors (Lipinski definition) is 2. The molecule has 1 aliphatic carbocycles. The molecular weight excluding hydrogens is 320 g/mol. The Kier molecular flexibility index (Phi) is 6.70. The molecule has 0 spiro atoms. The minimum Gasteiger partial charge on any atom is -0.356 e. The number of anilines is 3. The van der Waals surface area contributed by atoms with Crippen LogP contribution in [-0.4, -0.2) is 5.91 Å². The molecule has 3 heteroatoms. The molecule has 0 bridgehead atoms. The fourth-order valence-electron chi connectivity index (χ4n) is 3.78. The Balaban J connectivity index is 1.47. The van der Waals surface area contributed by atoms with Gasteiger partial charge in [0.25, 0.3) is 0 Å². The number of rotatable bonds is 7. The lowest BCUT2D eigenvalue weighted by Gasteiger charge is -2.27. The van der Waals surface area contributed by atoms with E-state index in [0.717, 1.165) is 35.8 Å². The van der Waals surface area contributed by atoms with Crippen molar-refractivity contribution < 1.29 is 4.79 Å². The highest BCUT2D eigenvalue weighted by atomic mass is 16.1. The van der Waals surface area contributed by atoms with Gasteiger partial charge in [0.1, 0.15) is 0 Å². The smallest absolute Gasteiger partial charge is 0.227 e. The molecule has 3 nitrogen and oxygen atoms in total. The van der Waals surface area contributed by atoms with E-state index in [1.165, 1.54) is 32.1 Å². The van der Waals surface area contributed by atoms with Crippen LogP contribution in [-0.2, 0) is 4.79 Å². The van der Waals surface area contributed by atoms with Crippen molar-refractivity contribution in [3.63, 3.8) is 0 Å². The molecule has 1 aliphatic rings. The van der Waals surface area contributed by atoms with E-state index in [4.69, 9.17) is 0 Å². The summed E-state index contributed by atoms with van der Waals surface area (Å²) >= 11 is 0. The van der Waals surface area contributed by atoms with Crippen molar-refractivity contribution in [1.82, 2.24) is 0 Å². The molecule has 1 amide bonds. The zero-order chi connectivity index (χ0) is 18.2. The summed E-state index contributed by atoms with van der Waals surface area (Å²) < 4.78 is 0. The SMILES string of the molecule is CCCCC1CCC(C(=O)Nc2ccc(Nc3ccccc3)cc2)CC1. The lowest BCUT2D eigenvalue weighted by Crippen LogP contribution is -2.27. The minimum atomic E-state index is 0.176. The van der Waals surface area contributed by atoms with Crippen LogP contribution in [0.15, 0.2) is 54.6 Å². The third kappa shape index (κ3) is 5.35. The third-order valence-corrected chi connectivity index (χ3v) is 5.40. The largest absolute Gasteiger partial charge is 0.356 e. The Bertz CT molecular complexity index is 673. The van der Waals surface area contributed by atoms with Crippen LogP contribution in [0.3, 0.4) is 0 Å². The molecule has 1 saturated carbocycles. The van der Waals surface area contributed by atoms with Crippen LogP contribution in [0, 0.1) is 11.8 Å². The quantitative estimate of drug-likeness (QED) is 0.609. The summed E-state index contributed by atoms with van der Waals surface area (Å²) in [5, 5.41) is 6.45. The van der Waals surface area contributed by atoms with Crippen LogP contribution in [0.4, 0.5) is 17.1 Å². The molecule has 0 aliphatic heterocycles. The van der Waals surface area contributed by atoms with Gasteiger partial charge in [-0.1, -0.05) is 44.4 Å². The van der Waals surface area contributed by atoms with E-state index < -0.39 is 0 Å². The van der Waals surface area contributed by atoms with Gasteiger partial charge in [0.2, 0.25) is 5.91 Å². The monoisotopic (exact) mass is 350 g/mol. The second-order valence-electron chi connectivity index (χ2n) is 7.42. The predicted octanol–water partition coefficient (Wildman–Crippen LogP) is 6.37. The first-order chi connectivity index (χ1) is 12.7. The highest BCUT2D eigenvalue weighted by Gasteiger charge is 2.25. The van der Waals surface area contributed by atoms with E-state index in [1.807, 2.05) is 54.6 Å². The second kappa shape index (κ2) is 9.42. The fraction of sp³-hybridized carbons (Fsp3) is 0.435. The van der Waals surface area contributed by atoms with Gasteiger partial charge >= 0.3 is 0 Å². The Morgan fingerprint density at radius 2 is 1.50 bits per heavy atom. The van der Waals surface area contributed by atoms with Crippen molar-refractivity contribution in [2.45, 2.75) is 51.9 Å². The summed E-state index contributed by atoms with van der Waals surface area (Å²) in [4.78, 5) is 12.5.